The average molecular weight is 480 g/mol. The predicted molar refractivity (Wildman–Crippen MR) is 133 cm³/mol. The molecule has 0 saturated heterocycles. The van der Waals surface area contributed by atoms with Crippen molar-refractivity contribution >= 4 is 23.4 Å². The summed E-state index contributed by atoms with van der Waals surface area (Å²) >= 11 is 5.92. The van der Waals surface area contributed by atoms with E-state index in [1.165, 1.54) is 12.0 Å². The summed E-state index contributed by atoms with van der Waals surface area (Å²) in [6.45, 7) is 1.22. The first-order valence-electron chi connectivity index (χ1n) is 11.7. The van der Waals surface area contributed by atoms with E-state index in [-0.39, 0.29) is 11.8 Å². The minimum atomic E-state index is -0.621. The minimum absolute atomic E-state index is 0.212. The summed E-state index contributed by atoms with van der Waals surface area (Å²) < 4.78 is 0. The van der Waals surface area contributed by atoms with E-state index in [1.54, 1.807) is 36.5 Å². The molecule has 0 aliphatic heterocycles. The number of carbonyl (C=O) groups is 2. The van der Waals surface area contributed by atoms with Gasteiger partial charge in [-0.15, -0.1) is 0 Å². The number of amides is 2. The van der Waals surface area contributed by atoms with Gasteiger partial charge in [-0.1, -0.05) is 41.9 Å². The van der Waals surface area contributed by atoms with Crippen LogP contribution in [0.4, 0.5) is 0 Å². The zero-order valence-corrected chi connectivity index (χ0v) is 19.7. The molecule has 4 rings (SSSR count). The molecule has 3 aromatic rings. The lowest BCUT2D eigenvalue weighted by Gasteiger charge is -2.18. The molecule has 4 N–H and O–H groups in total. The van der Waals surface area contributed by atoms with Crippen LogP contribution >= 0.6 is 11.6 Å². The molecule has 1 aliphatic rings. The van der Waals surface area contributed by atoms with E-state index in [9.17, 15) is 9.59 Å². The molecule has 8 heteroatoms. The van der Waals surface area contributed by atoms with Crippen molar-refractivity contribution in [2.45, 2.75) is 50.2 Å². The molecule has 1 aliphatic carbocycles. The molecule has 0 radical (unpaired) electrons. The number of benzene rings is 2. The molecule has 1 aromatic heterocycles. The molecule has 7 nitrogen and oxygen atoms in total. The van der Waals surface area contributed by atoms with E-state index in [0.29, 0.717) is 35.5 Å². The molecule has 2 amide bonds. The summed E-state index contributed by atoms with van der Waals surface area (Å²) in [6.07, 6.45) is 5.11. The summed E-state index contributed by atoms with van der Waals surface area (Å²) in [5, 5.41) is 16.6. The molecule has 1 heterocycles. The van der Waals surface area contributed by atoms with Crippen LogP contribution in [-0.2, 0) is 11.3 Å². The fraction of sp³-hybridized carbons (Fsp3) is 0.346. The van der Waals surface area contributed by atoms with Gasteiger partial charge in [0.15, 0.2) is 0 Å². The maximum Gasteiger partial charge on any atom is 0.251 e. The lowest BCUT2D eigenvalue weighted by molar-refractivity contribution is -0.123. The van der Waals surface area contributed by atoms with Gasteiger partial charge in [0.25, 0.3) is 5.91 Å². The van der Waals surface area contributed by atoms with Crippen LogP contribution in [0, 0.1) is 0 Å². The number of nitrogens with zero attached hydrogens (tertiary/aromatic N) is 1. The third-order valence-corrected chi connectivity index (χ3v) is 6.34. The van der Waals surface area contributed by atoms with Crippen molar-refractivity contribution in [3.8, 4) is 0 Å². The number of rotatable bonds is 12. The molecule has 1 fully saturated rings. The second-order valence-electron chi connectivity index (χ2n) is 8.64. The van der Waals surface area contributed by atoms with Crippen LogP contribution in [0.1, 0.15) is 53.2 Å². The Morgan fingerprint density at radius 3 is 2.59 bits per heavy atom. The molecule has 1 saturated carbocycles. The van der Waals surface area contributed by atoms with Gasteiger partial charge in [0.2, 0.25) is 5.91 Å². The topological polar surface area (TPSA) is 98.9 Å². The standard InChI is InChI=1S/C26H30ClN5O2/c27-20-11-9-19(10-12-20)25(33)31-23(26(34)29-17-21-13-15-30-32-21)8-4-5-14-28-24-16-22(24)18-6-2-1-3-7-18/h1-3,6-7,9-13,15,22-24,28H,4-5,8,14,16-17H2,(H,29,34)(H,30,32)(H,31,33). The van der Waals surface area contributed by atoms with Crippen molar-refractivity contribution in [3.63, 3.8) is 0 Å². The van der Waals surface area contributed by atoms with Crippen molar-refractivity contribution < 1.29 is 9.59 Å². The Kier molecular flexibility index (Phi) is 8.33. The lowest BCUT2D eigenvalue weighted by atomic mass is 10.1. The van der Waals surface area contributed by atoms with Gasteiger partial charge in [-0.2, -0.15) is 5.10 Å². The fourth-order valence-corrected chi connectivity index (χ4v) is 4.18. The SMILES string of the molecule is O=C(NC(CCCCNC1CC1c1ccccc1)C(=O)NCc1ccn[nH]1)c1ccc(Cl)cc1. The third-order valence-electron chi connectivity index (χ3n) is 6.08. The zero-order valence-electron chi connectivity index (χ0n) is 19.0. The normalized spacial score (nSPS) is 17.7. The minimum Gasteiger partial charge on any atom is -0.349 e. The lowest BCUT2D eigenvalue weighted by Crippen LogP contribution is -2.46. The van der Waals surface area contributed by atoms with Gasteiger partial charge >= 0.3 is 0 Å². The summed E-state index contributed by atoms with van der Waals surface area (Å²) in [6, 6.07) is 18.9. The Morgan fingerprint density at radius 2 is 1.85 bits per heavy atom. The zero-order chi connectivity index (χ0) is 23.8. The van der Waals surface area contributed by atoms with Gasteiger partial charge in [0.05, 0.1) is 12.2 Å². The van der Waals surface area contributed by atoms with Crippen LogP contribution in [0.2, 0.25) is 5.02 Å². The Bertz CT molecular complexity index is 1060. The number of aromatic amines is 1. The number of carbonyl (C=O) groups excluding carboxylic acids is 2. The van der Waals surface area contributed by atoms with Gasteiger partial charge in [0.1, 0.15) is 6.04 Å². The summed E-state index contributed by atoms with van der Waals surface area (Å²) in [4.78, 5) is 25.5. The second-order valence-corrected chi connectivity index (χ2v) is 9.08. The molecule has 3 unspecified atom stereocenters. The van der Waals surface area contributed by atoms with Gasteiger partial charge in [-0.3, -0.25) is 14.7 Å². The number of aromatic nitrogens is 2. The Balaban J connectivity index is 1.24. The van der Waals surface area contributed by atoms with Crippen molar-refractivity contribution in [1.29, 1.82) is 0 Å². The molecule has 3 atom stereocenters. The van der Waals surface area contributed by atoms with E-state index >= 15 is 0 Å². The predicted octanol–water partition coefficient (Wildman–Crippen LogP) is 3.79. The van der Waals surface area contributed by atoms with Gasteiger partial charge in [0, 0.05) is 28.7 Å². The van der Waals surface area contributed by atoms with Crippen molar-refractivity contribution in [2.75, 3.05) is 6.54 Å². The maximum atomic E-state index is 12.8. The number of hydrogen-bond acceptors (Lipinski definition) is 4. The van der Waals surface area contributed by atoms with E-state index in [1.807, 2.05) is 6.07 Å². The highest BCUT2D eigenvalue weighted by atomic mass is 35.5. The van der Waals surface area contributed by atoms with Gasteiger partial charge in [-0.05, 0) is 68.1 Å². The van der Waals surface area contributed by atoms with Crippen LogP contribution in [0.15, 0.2) is 66.9 Å². The number of unbranched alkanes of at least 4 members (excludes halogenated alkanes) is 1. The molecule has 34 heavy (non-hydrogen) atoms. The molecular weight excluding hydrogens is 450 g/mol. The van der Waals surface area contributed by atoms with Crippen molar-refractivity contribution in [1.82, 2.24) is 26.1 Å². The third kappa shape index (κ3) is 6.92. The summed E-state index contributed by atoms with van der Waals surface area (Å²) in [5.74, 6) is 0.0947. The largest absolute Gasteiger partial charge is 0.349 e. The van der Waals surface area contributed by atoms with Crippen LogP contribution in [0.3, 0.4) is 0 Å². The first kappa shape index (κ1) is 24.0. The van der Waals surface area contributed by atoms with Crippen molar-refractivity contribution in [2.24, 2.45) is 0 Å². The highest BCUT2D eigenvalue weighted by molar-refractivity contribution is 6.30. The Labute approximate surface area is 204 Å². The number of nitrogens with one attached hydrogen (secondary N) is 4. The molecule has 0 bridgehead atoms. The van der Waals surface area contributed by atoms with Crippen molar-refractivity contribution in [3.05, 3.63) is 88.7 Å². The average Bonchev–Trinajstić information content (AvgIpc) is 3.44. The summed E-state index contributed by atoms with van der Waals surface area (Å²) in [5.41, 5.74) is 2.66. The van der Waals surface area contributed by atoms with E-state index < -0.39 is 6.04 Å². The van der Waals surface area contributed by atoms with E-state index in [2.05, 4.69) is 50.4 Å². The Morgan fingerprint density at radius 1 is 1.06 bits per heavy atom. The van der Waals surface area contributed by atoms with Gasteiger partial charge < -0.3 is 16.0 Å². The Hall–Kier alpha value is -3.16. The van der Waals surface area contributed by atoms with E-state index in [4.69, 9.17) is 11.6 Å². The first-order valence-corrected chi connectivity index (χ1v) is 12.1. The molecule has 2 aromatic carbocycles. The van der Waals surface area contributed by atoms with Crippen LogP contribution in [0.5, 0.6) is 0 Å². The maximum absolute atomic E-state index is 12.8. The highest BCUT2D eigenvalue weighted by Gasteiger charge is 2.37. The molecule has 0 spiro atoms. The number of hydrogen-bond donors (Lipinski definition) is 4. The first-order chi connectivity index (χ1) is 16.6. The molecule has 178 valence electrons. The fourth-order valence-electron chi connectivity index (χ4n) is 4.05. The van der Waals surface area contributed by atoms with Crippen LogP contribution < -0.4 is 16.0 Å². The highest BCUT2D eigenvalue weighted by Crippen LogP contribution is 2.40. The monoisotopic (exact) mass is 479 g/mol. The second kappa shape index (κ2) is 11.8. The van der Waals surface area contributed by atoms with E-state index in [0.717, 1.165) is 25.1 Å². The molecular formula is C26H30ClN5O2. The van der Waals surface area contributed by atoms with Crippen LogP contribution in [0.25, 0.3) is 0 Å². The smallest absolute Gasteiger partial charge is 0.251 e. The van der Waals surface area contributed by atoms with Gasteiger partial charge in [-0.25, -0.2) is 0 Å². The van der Waals surface area contributed by atoms with Crippen LogP contribution in [-0.4, -0.2) is 40.6 Å². The summed E-state index contributed by atoms with van der Waals surface area (Å²) in [7, 11) is 0. The quantitative estimate of drug-likeness (QED) is 0.297. The number of halogens is 1. The number of H-pyrrole nitrogens is 1.